The maximum atomic E-state index is 2.42. The van der Waals surface area contributed by atoms with Crippen molar-refractivity contribution in [1.82, 2.24) is 9.13 Å². The lowest BCUT2D eigenvalue weighted by Crippen LogP contribution is -2.10. The third-order valence-electron chi connectivity index (χ3n) is 13.5. The van der Waals surface area contributed by atoms with Gasteiger partial charge in [-0.05, 0) is 106 Å². The fourth-order valence-corrected chi connectivity index (χ4v) is 10.5. The summed E-state index contributed by atoms with van der Waals surface area (Å²) < 4.78 is 4.83. The first kappa shape index (κ1) is 38.5. The lowest BCUT2D eigenvalue weighted by atomic mass is 9.98. The van der Waals surface area contributed by atoms with E-state index in [0.717, 1.165) is 39.6 Å². The minimum Gasteiger partial charge on any atom is -0.311 e. The molecule has 3 nitrogen and oxygen atoms in total. The molecule has 11 aromatic carbocycles. The van der Waals surface area contributed by atoms with Crippen molar-refractivity contribution in [2.75, 3.05) is 4.90 Å². The molecule has 0 N–H and O–H groups in total. The average molecular weight is 854 g/mol. The van der Waals surface area contributed by atoms with E-state index in [2.05, 4.69) is 275 Å². The average Bonchev–Trinajstić information content (AvgIpc) is 3.92. The Hall–Kier alpha value is -8.92. The minimum atomic E-state index is 1.08. The Morgan fingerprint density at radius 3 is 0.940 bits per heavy atom. The topological polar surface area (TPSA) is 13.1 Å². The van der Waals surface area contributed by atoms with E-state index in [9.17, 15) is 0 Å². The molecule has 0 saturated carbocycles. The van der Waals surface area contributed by atoms with Gasteiger partial charge in [0.05, 0.1) is 33.4 Å². The summed E-state index contributed by atoms with van der Waals surface area (Å²) in [6, 6.07) is 94.8. The molecule has 0 saturated heterocycles. The molecule has 13 aromatic rings. The minimum absolute atomic E-state index is 1.08. The van der Waals surface area contributed by atoms with E-state index in [-0.39, 0.29) is 0 Å². The zero-order valence-electron chi connectivity index (χ0n) is 36.7. The first-order valence-corrected chi connectivity index (χ1v) is 23.0. The summed E-state index contributed by atoms with van der Waals surface area (Å²) in [6.45, 7) is 0. The fraction of sp³-hybridized carbons (Fsp3) is 0. The number of hydrogen-bond donors (Lipinski definition) is 0. The molecular formula is C64H43N3. The maximum absolute atomic E-state index is 2.42. The van der Waals surface area contributed by atoms with Gasteiger partial charge < -0.3 is 14.0 Å². The second-order valence-electron chi connectivity index (χ2n) is 17.3. The highest BCUT2D eigenvalue weighted by Crippen LogP contribution is 2.42. The fourth-order valence-electron chi connectivity index (χ4n) is 10.5. The second-order valence-corrected chi connectivity index (χ2v) is 17.3. The molecule has 0 fully saturated rings. The molecule has 0 unspecified atom stereocenters. The van der Waals surface area contributed by atoms with Crippen LogP contribution < -0.4 is 4.90 Å². The quantitative estimate of drug-likeness (QED) is 0.148. The van der Waals surface area contributed by atoms with Crippen LogP contribution in [0.1, 0.15) is 0 Å². The molecule has 3 heteroatoms. The van der Waals surface area contributed by atoms with Crippen LogP contribution in [-0.4, -0.2) is 9.13 Å². The third-order valence-corrected chi connectivity index (χ3v) is 13.5. The van der Waals surface area contributed by atoms with E-state index in [1.54, 1.807) is 0 Å². The number of anilines is 3. The van der Waals surface area contributed by atoms with Gasteiger partial charge in [0, 0.05) is 49.7 Å². The molecule has 0 radical (unpaired) electrons. The van der Waals surface area contributed by atoms with E-state index < -0.39 is 0 Å². The molecule has 0 bridgehead atoms. The van der Waals surface area contributed by atoms with E-state index in [1.807, 2.05) is 0 Å². The molecule has 0 amide bonds. The second kappa shape index (κ2) is 16.0. The van der Waals surface area contributed by atoms with Crippen LogP contribution in [-0.2, 0) is 0 Å². The van der Waals surface area contributed by atoms with Crippen LogP contribution in [0.4, 0.5) is 17.1 Å². The van der Waals surface area contributed by atoms with Crippen molar-refractivity contribution in [3.05, 3.63) is 261 Å². The number of hydrogen-bond acceptors (Lipinski definition) is 1. The zero-order chi connectivity index (χ0) is 44.3. The largest absolute Gasteiger partial charge is 0.311 e. The van der Waals surface area contributed by atoms with Gasteiger partial charge in [-0.25, -0.2) is 0 Å². The van der Waals surface area contributed by atoms with Crippen molar-refractivity contribution < 1.29 is 0 Å². The monoisotopic (exact) mass is 853 g/mol. The van der Waals surface area contributed by atoms with Gasteiger partial charge in [0.25, 0.3) is 0 Å². The number of benzene rings is 11. The highest BCUT2D eigenvalue weighted by molar-refractivity contribution is 6.11. The summed E-state index contributed by atoms with van der Waals surface area (Å²) >= 11 is 0. The predicted octanol–water partition coefficient (Wildman–Crippen LogP) is 17.5. The first-order valence-electron chi connectivity index (χ1n) is 23.0. The summed E-state index contributed by atoms with van der Waals surface area (Å²) in [6.07, 6.45) is 0. The maximum Gasteiger partial charge on any atom is 0.0541 e. The van der Waals surface area contributed by atoms with Crippen molar-refractivity contribution in [3.63, 3.8) is 0 Å². The van der Waals surface area contributed by atoms with Crippen molar-refractivity contribution in [2.45, 2.75) is 0 Å². The lowest BCUT2D eigenvalue weighted by molar-refractivity contribution is 1.18. The summed E-state index contributed by atoms with van der Waals surface area (Å²) in [5, 5.41) is 7.52. The number of fused-ring (bicyclic) bond motifs is 7. The Bertz CT molecular complexity index is 3650. The summed E-state index contributed by atoms with van der Waals surface area (Å²) in [5.41, 5.74) is 17.5. The van der Waals surface area contributed by atoms with Crippen LogP contribution in [0.25, 0.3) is 99.1 Å². The van der Waals surface area contributed by atoms with E-state index >= 15 is 0 Å². The van der Waals surface area contributed by atoms with E-state index in [1.165, 1.54) is 76.6 Å². The van der Waals surface area contributed by atoms with Crippen molar-refractivity contribution in [3.8, 4) is 44.8 Å². The number of rotatable bonds is 8. The Morgan fingerprint density at radius 1 is 0.224 bits per heavy atom. The molecule has 0 aliphatic rings. The van der Waals surface area contributed by atoms with Crippen LogP contribution in [0.15, 0.2) is 261 Å². The number of para-hydroxylation sites is 6. The Balaban J connectivity index is 0.918. The van der Waals surface area contributed by atoms with Gasteiger partial charge >= 0.3 is 0 Å². The molecule has 2 aromatic heterocycles. The number of nitrogens with zero attached hydrogens (tertiary/aromatic N) is 3. The Kier molecular flexibility index (Phi) is 9.17. The summed E-state index contributed by atoms with van der Waals surface area (Å²) in [7, 11) is 0. The standard InChI is InChI=1S/C64H43N3/c1-2-18-51-44(16-1)17-15-25-52(51)45-32-38-48(39-33-45)65(49-40-34-46(35-41-49)53-19-3-9-26-59(53)66-61-28-11-5-21-55(61)56-22-6-12-29-62(56)66)50-42-36-47(37-43-50)54-20-4-10-27-60(54)67-63-30-13-7-23-57(63)58-24-8-14-31-64(58)67/h1-43H. The number of aromatic nitrogens is 2. The highest BCUT2D eigenvalue weighted by atomic mass is 15.1. The van der Waals surface area contributed by atoms with Crippen molar-refractivity contribution in [1.29, 1.82) is 0 Å². The van der Waals surface area contributed by atoms with Gasteiger partial charge in [0.1, 0.15) is 0 Å². The van der Waals surface area contributed by atoms with Crippen LogP contribution in [0, 0.1) is 0 Å². The van der Waals surface area contributed by atoms with Crippen molar-refractivity contribution >= 4 is 71.4 Å². The molecular weight excluding hydrogens is 811 g/mol. The zero-order valence-corrected chi connectivity index (χ0v) is 36.7. The molecule has 13 rings (SSSR count). The SMILES string of the molecule is c1ccc(-n2c3ccccc3c3ccccc32)c(-c2ccc(N(c3ccc(-c4ccccc4-n4c5ccccc5c5ccccc54)cc3)c3ccc(-c4cccc5ccccc45)cc3)cc2)c1. The predicted molar refractivity (Wildman–Crippen MR) is 284 cm³/mol. The third kappa shape index (κ3) is 6.43. The lowest BCUT2D eigenvalue weighted by Gasteiger charge is -2.26. The smallest absolute Gasteiger partial charge is 0.0541 e. The molecule has 0 aliphatic carbocycles. The Labute approximate surface area is 389 Å². The summed E-state index contributed by atoms with van der Waals surface area (Å²) in [4.78, 5) is 2.37. The van der Waals surface area contributed by atoms with E-state index in [0.29, 0.717) is 0 Å². The molecule has 314 valence electrons. The molecule has 67 heavy (non-hydrogen) atoms. The molecule has 0 aliphatic heterocycles. The Morgan fingerprint density at radius 2 is 0.522 bits per heavy atom. The molecule has 0 atom stereocenters. The van der Waals surface area contributed by atoms with Gasteiger partial charge in [-0.15, -0.1) is 0 Å². The van der Waals surface area contributed by atoms with Gasteiger partial charge in [0.2, 0.25) is 0 Å². The van der Waals surface area contributed by atoms with E-state index in [4.69, 9.17) is 0 Å². The normalized spacial score (nSPS) is 11.6. The van der Waals surface area contributed by atoms with Crippen molar-refractivity contribution in [2.24, 2.45) is 0 Å². The highest BCUT2D eigenvalue weighted by Gasteiger charge is 2.19. The molecule has 2 heterocycles. The van der Waals surface area contributed by atoms with Crippen LogP contribution in [0.5, 0.6) is 0 Å². The van der Waals surface area contributed by atoms with Crippen LogP contribution in [0.3, 0.4) is 0 Å². The van der Waals surface area contributed by atoms with Crippen LogP contribution in [0.2, 0.25) is 0 Å². The van der Waals surface area contributed by atoms with Gasteiger partial charge in [-0.1, -0.05) is 188 Å². The van der Waals surface area contributed by atoms with Gasteiger partial charge in [-0.3, -0.25) is 0 Å². The first-order chi connectivity index (χ1) is 33.3. The summed E-state index contributed by atoms with van der Waals surface area (Å²) in [5.74, 6) is 0. The molecule has 0 spiro atoms. The van der Waals surface area contributed by atoms with Crippen LogP contribution >= 0.6 is 0 Å². The van der Waals surface area contributed by atoms with Gasteiger partial charge in [-0.2, -0.15) is 0 Å². The van der Waals surface area contributed by atoms with Gasteiger partial charge in [0.15, 0.2) is 0 Å².